The van der Waals surface area contributed by atoms with Crippen molar-refractivity contribution in [2.75, 3.05) is 16.8 Å². The Kier molecular flexibility index (Phi) is 5.26. The van der Waals surface area contributed by atoms with Crippen LogP contribution >= 0.6 is 0 Å². The molecule has 27 heavy (non-hydrogen) atoms. The van der Waals surface area contributed by atoms with E-state index >= 15 is 0 Å². The molecule has 0 saturated carbocycles. The third-order valence-electron chi connectivity index (χ3n) is 4.73. The molecule has 1 aliphatic heterocycles. The fraction of sp³-hybridized carbons (Fsp3) is 0.286. The van der Waals surface area contributed by atoms with E-state index in [0.717, 1.165) is 28.1 Å². The Morgan fingerprint density at radius 2 is 1.74 bits per heavy atom. The lowest BCUT2D eigenvalue weighted by atomic mass is 10.1. The first-order chi connectivity index (χ1) is 12.9. The van der Waals surface area contributed by atoms with Gasteiger partial charge in [-0.15, -0.1) is 0 Å². The van der Waals surface area contributed by atoms with Crippen LogP contribution in [0.1, 0.15) is 30.5 Å². The molecule has 0 radical (unpaired) electrons. The van der Waals surface area contributed by atoms with Gasteiger partial charge in [0.15, 0.2) is 0 Å². The maximum absolute atomic E-state index is 12.5. The zero-order valence-corrected chi connectivity index (χ0v) is 16.0. The molecule has 0 saturated heterocycles. The molecule has 6 heteroatoms. The monoisotopic (exact) mass is 364 g/mol. The van der Waals surface area contributed by atoms with E-state index in [4.69, 9.17) is 0 Å². The highest BCUT2D eigenvalue weighted by Crippen LogP contribution is 2.28. The molecule has 1 unspecified atom stereocenters. The Balaban J connectivity index is 1.72. The van der Waals surface area contributed by atoms with E-state index in [0.29, 0.717) is 12.3 Å². The van der Waals surface area contributed by atoms with Gasteiger partial charge < -0.3 is 10.2 Å². The molecule has 0 bridgehead atoms. The number of aryl methyl sites for hydroxylation is 2. The molecule has 1 aliphatic rings. The molecule has 6 nitrogen and oxygen atoms in total. The second kappa shape index (κ2) is 7.61. The van der Waals surface area contributed by atoms with Crippen LogP contribution in [0.4, 0.5) is 11.4 Å². The van der Waals surface area contributed by atoms with E-state index in [1.54, 1.807) is 11.8 Å². The molecule has 0 aromatic heterocycles. The van der Waals surface area contributed by atoms with E-state index in [1.807, 2.05) is 56.3 Å². The van der Waals surface area contributed by atoms with Crippen molar-refractivity contribution in [3.05, 3.63) is 59.2 Å². The van der Waals surface area contributed by atoms with Gasteiger partial charge in [0.2, 0.25) is 5.91 Å². The van der Waals surface area contributed by atoms with Gasteiger partial charge in [0.25, 0.3) is 5.91 Å². The number of carbonyl (C=O) groups is 2. The summed E-state index contributed by atoms with van der Waals surface area (Å²) in [7, 11) is 0. The van der Waals surface area contributed by atoms with Gasteiger partial charge in [0.05, 0.1) is 17.9 Å². The molecular formula is C21H24N4O2. The van der Waals surface area contributed by atoms with E-state index < -0.39 is 6.04 Å². The Hall–Kier alpha value is -3.15. The minimum atomic E-state index is -0.449. The van der Waals surface area contributed by atoms with Crippen LogP contribution in [-0.2, 0) is 9.59 Å². The number of anilines is 2. The lowest BCUT2D eigenvalue weighted by Crippen LogP contribution is -2.36. The average Bonchev–Trinajstić information content (AvgIpc) is 3.02. The Labute approximate surface area is 159 Å². The Morgan fingerprint density at radius 1 is 1.07 bits per heavy atom. The van der Waals surface area contributed by atoms with Gasteiger partial charge in [-0.1, -0.05) is 36.4 Å². The van der Waals surface area contributed by atoms with Crippen molar-refractivity contribution in [1.82, 2.24) is 5.43 Å². The topological polar surface area (TPSA) is 73.8 Å². The van der Waals surface area contributed by atoms with Crippen molar-refractivity contribution in [1.29, 1.82) is 0 Å². The maximum atomic E-state index is 12.5. The highest BCUT2D eigenvalue weighted by atomic mass is 16.2. The first-order valence-corrected chi connectivity index (χ1v) is 8.95. The normalized spacial score (nSPS) is 15.4. The minimum absolute atomic E-state index is 0.0518. The van der Waals surface area contributed by atoms with Gasteiger partial charge in [0, 0.05) is 18.2 Å². The zero-order valence-electron chi connectivity index (χ0n) is 16.0. The Bertz CT molecular complexity index is 900. The second-order valence-electron chi connectivity index (χ2n) is 6.79. The predicted octanol–water partition coefficient (Wildman–Crippen LogP) is 2.99. The van der Waals surface area contributed by atoms with Crippen LogP contribution in [0.25, 0.3) is 0 Å². The Morgan fingerprint density at radius 3 is 2.41 bits per heavy atom. The number of hydrazone groups is 1. The number of amides is 2. The molecule has 2 aromatic carbocycles. The number of nitrogens with one attached hydrogen (secondary N) is 2. The molecular weight excluding hydrogens is 340 g/mol. The molecule has 3 rings (SSSR count). The minimum Gasteiger partial charge on any atom is -0.373 e. The molecule has 2 amide bonds. The summed E-state index contributed by atoms with van der Waals surface area (Å²) in [5, 5.41) is 7.54. The standard InChI is InChI=1S/C21H24N4O2/c1-13-8-7-9-14(2)20(13)22-15(3)21(27)24-23-18-12-25(16(4)26)19-11-6-5-10-17(18)19/h5-11,15,22H,12H2,1-4H3,(H,24,27)/b23-18-. The van der Waals surface area contributed by atoms with E-state index in [1.165, 1.54) is 6.92 Å². The summed E-state index contributed by atoms with van der Waals surface area (Å²) < 4.78 is 0. The number of fused-ring (bicyclic) bond motifs is 1. The lowest BCUT2D eigenvalue weighted by molar-refractivity contribution is -0.121. The molecule has 140 valence electrons. The van der Waals surface area contributed by atoms with Crippen LogP contribution in [0, 0.1) is 13.8 Å². The fourth-order valence-corrected chi connectivity index (χ4v) is 3.19. The van der Waals surface area contributed by atoms with E-state index in [9.17, 15) is 9.59 Å². The molecule has 0 aliphatic carbocycles. The highest BCUT2D eigenvalue weighted by Gasteiger charge is 2.27. The third kappa shape index (κ3) is 3.84. The highest BCUT2D eigenvalue weighted by molar-refractivity contribution is 6.17. The summed E-state index contributed by atoms with van der Waals surface area (Å²) >= 11 is 0. The number of carbonyl (C=O) groups excluding carboxylic acids is 2. The fourth-order valence-electron chi connectivity index (χ4n) is 3.19. The largest absolute Gasteiger partial charge is 0.373 e. The van der Waals surface area contributed by atoms with Crippen LogP contribution < -0.4 is 15.6 Å². The molecule has 1 atom stereocenters. The van der Waals surface area contributed by atoms with E-state index in [-0.39, 0.29) is 11.8 Å². The summed E-state index contributed by atoms with van der Waals surface area (Å²) in [6, 6.07) is 13.1. The van der Waals surface area contributed by atoms with Gasteiger partial charge in [-0.2, -0.15) is 5.10 Å². The predicted molar refractivity (Wildman–Crippen MR) is 108 cm³/mol. The molecule has 0 spiro atoms. The van der Waals surface area contributed by atoms with Gasteiger partial charge >= 0.3 is 0 Å². The van der Waals surface area contributed by atoms with Crippen LogP contribution in [0.5, 0.6) is 0 Å². The zero-order chi connectivity index (χ0) is 19.6. The summed E-state index contributed by atoms with van der Waals surface area (Å²) in [6.45, 7) is 7.69. The lowest BCUT2D eigenvalue weighted by Gasteiger charge is -2.17. The number of nitrogens with zero attached hydrogens (tertiary/aromatic N) is 2. The van der Waals surface area contributed by atoms with Gasteiger partial charge in [-0.05, 0) is 38.0 Å². The second-order valence-corrected chi connectivity index (χ2v) is 6.79. The van der Waals surface area contributed by atoms with Gasteiger partial charge in [0.1, 0.15) is 6.04 Å². The van der Waals surface area contributed by atoms with Crippen LogP contribution in [-0.4, -0.2) is 30.1 Å². The van der Waals surface area contributed by atoms with Crippen molar-refractivity contribution < 1.29 is 9.59 Å². The van der Waals surface area contributed by atoms with Gasteiger partial charge in [-0.3, -0.25) is 9.59 Å². The molecule has 0 fully saturated rings. The van der Waals surface area contributed by atoms with Gasteiger partial charge in [-0.25, -0.2) is 5.43 Å². The van der Waals surface area contributed by atoms with Crippen LogP contribution in [0.15, 0.2) is 47.6 Å². The summed E-state index contributed by atoms with van der Waals surface area (Å²) in [6.07, 6.45) is 0. The molecule has 1 heterocycles. The quantitative estimate of drug-likeness (QED) is 0.819. The molecule has 2 aromatic rings. The number of hydrogen-bond acceptors (Lipinski definition) is 4. The summed E-state index contributed by atoms with van der Waals surface area (Å²) in [4.78, 5) is 26.0. The summed E-state index contributed by atoms with van der Waals surface area (Å²) in [5.41, 5.74) is 8.12. The van der Waals surface area contributed by atoms with Crippen molar-refractivity contribution in [3.63, 3.8) is 0 Å². The smallest absolute Gasteiger partial charge is 0.262 e. The SMILES string of the molecule is CC(=O)N1C/C(=N/NC(=O)C(C)Nc2c(C)cccc2C)c2ccccc21. The number of benzene rings is 2. The first-order valence-electron chi connectivity index (χ1n) is 8.95. The first kappa shape index (κ1) is 18.6. The maximum Gasteiger partial charge on any atom is 0.262 e. The summed E-state index contributed by atoms with van der Waals surface area (Å²) in [5.74, 6) is -0.284. The number of hydrogen-bond donors (Lipinski definition) is 2. The number of rotatable bonds is 4. The van der Waals surface area contributed by atoms with Crippen molar-refractivity contribution >= 4 is 28.9 Å². The van der Waals surface area contributed by atoms with Crippen molar-refractivity contribution in [2.45, 2.75) is 33.7 Å². The third-order valence-corrected chi connectivity index (χ3v) is 4.73. The molecule has 2 N–H and O–H groups in total. The van der Waals surface area contributed by atoms with Crippen LogP contribution in [0.3, 0.4) is 0 Å². The number of para-hydroxylation sites is 2. The van der Waals surface area contributed by atoms with Crippen molar-refractivity contribution in [3.8, 4) is 0 Å². The van der Waals surface area contributed by atoms with Crippen LogP contribution in [0.2, 0.25) is 0 Å². The average molecular weight is 364 g/mol. The van der Waals surface area contributed by atoms with E-state index in [2.05, 4.69) is 15.8 Å². The van der Waals surface area contributed by atoms with Crippen molar-refractivity contribution in [2.24, 2.45) is 5.10 Å².